The van der Waals surface area contributed by atoms with Gasteiger partial charge in [0.25, 0.3) is 0 Å². The van der Waals surface area contributed by atoms with Crippen molar-refractivity contribution in [3.8, 4) is 6.07 Å². The van der Waals surface area contributed by atoms with Gasteiger partial charge in [-0.25, -0.2) is 21.9 Å². The van der Waals surface area contributed by atoms with E-state index in [1.807, 2.05) is 4.72 Å². The number of carbonyl (C=O) groups excluding carboxylic acids is 1. The second kappa shape index (κ2) is 7.16. The van der Waals surface area contributed by atoms with Crippen molar-refractivity contribution in [3.05, 3.63) is 59.7 Å². The second-order valence-corrected chi connectivity index (χ2v) is 6.34. The van der Waals surface area contributed by atoms with Crippen LogP contribution >= 0.6 is 0 Å². The number of sulfonamides is 1. The van der Waals surface area contributed by atoms with Crippen LogP contribution < -0.4 is 10.0 Å². The molecule has 0 saturated carbocycles. The van der Waals surface area contributed by atoms with E-state index in [-0.39, 0.29) is 16.1 Å². The molecule has 0 aliphatic rings. The number of rotatable bonds is 5. The first kappa shape index (κ1) is 17.5. The molecule has 2 rings (SSSR count). The van der Waals surface area contributed by atoms with Crippen molar-refractivity contribution in [2.24, 2.45) is 0 Å². The summed E-state index contributed by atoms with van der Waals surface area (Å²) in [4.78, 5) is 11.5. The van der Waals surface area contributed by atoms with Crippen molar-refractivity contribution in [3.63, 3.8) is 0 Å². The Morgan fingerprint density at radius 1 is 1.12 bits per heavy atom. The largest absolute Gasteiger partial charge is 0.325 e. The van der Waals surface area contributed by atoms with Crippen molar-refractivity contribution >= 4 is 21.6 Å². The summed E-state index contributed by atoms with van der Waals surface area (Å²) in [5.74, 6) is -2.99. The van der Waals surface area contributed by atoms with Gasteiger partial charge in [0.05, 0.1) is 17.0 Å². The molecule has 6 nitrogen and oxygen atoms in total. The van der Waals surface area contributed by atoms with Gasteiger partial charge in [0.15, 0.2) is 11.6 Å². The van der Waals surface area contributed by atoms with Gasteiger partial charge in [-0.2, -0.15) is 5.26 Å². The lowest BCUT2D eigenvalue weighted by Crippen LogP contribution is -2.33. The van der Waals surface area contributed by atoms with E-state index < -0.39 is 34.1 Å². The molecule has 0 bridgehead atoms. The van der Waals surface area contributed by atoms with E-state index in [1.165, 1.54) is 24.3 Å². The van der Waals surface area contributed by atoms with Crippen LogP contribution in [0, 0.1) is 23.0 Å². The van der Waals surface area contributed by atoms with Gasteiger partial charge in [0.2, 0.25) is 15.9 Å². The summed E-state index contributed by atoms with van der Waals surface area (Å²) in [5.41, 5.74) is -0.0819. The Bertz CT molecular complexity index is 924. The number of hydrogen-bond acceptors (Lipinski definition) is 4. The molecule has 9 heteroatoms. The van der Waals surface area contributed by atoms with Gasteiger partial charge in [-0.15, -0.1) is 0 Å². The van der Waals surface area contributed by atoms with Gasteiger partial charge in [-0.1, -0.05) is 12.1 Å². The fourth-order valence-electron chi connectivity index (χ4n) is 1.81. The Morgan fingerprint density at radius 2 is 1.83 bits per heavy atom. The Kier molecular flexibility index (Phi) is 5.23. The average Bonchev–Trinajstić information content (AvgIpc) is 2.56. The van der Waals surface area contributed by atoms with Crippen LogP contribution in [-0.4, -0.2) is 20.9 Å². The monoisotopic (exact) mass is 351 g/mol. The van der Waals surface area contributed by atoms with Crippen molar-refractivity contribution < 1.29 is 22.0 Å². The molecule has 0 aliphatic heterocycles. The van der Waals surface area contributed by atoms with Gasteiger partial charge in [-0.05, 0) is 24.3 Å². The number of nitriles is 1. The maximum atomic E-state index is 13.0. The highest BCUT2D eigenvalue weighted by Crippen LogP contribution is 2.15. The highest BCUT2D eigenvalue weighted by atomic mass is 32.2. The number of nitrogens with zero attached hydrogens (tertiary/aromatic N) is 1. The predicted octanol–water partition coefficient (Wildman–Crippen LogP) is 1.75. The third-order valence-corrected chi connectivity index (χ3v) is 4.38. The maximum absolute atomic E-state index is 13.0. The fourth-order valence-corrected chi connectivity index (χ4v) is 2.95. The van der Waals surface area contributed by atoms with Crippen LogP contribution in [0.1, 0.15) is 5.56 Å². The molecule has 0 aliphatic carbocycles. The third kappa shape index (κ3) is 4.13. The fraction of sp³-hybridized carbons (Fsp3) is 0.0667. The van der Waals surface area contributed by atoms with Gasteiger partial charge in [0.1, 0.15) is 6.07 Å². The second-order valence-electron chi connectivity index (χ2n) is 4.61. The molecule has 0 spiro atoms. The summed E-state index contributed by atoms with van der Waals surface area (Å²) in [7, 11) is -4.07. The van der Waals surface area contributed by atoms with Gasteiger partial charge < -0.3 is 5.32 Å². The van der Waals surface area contributed by atoms with E-state index in [2.05, 4.69) is 5.32 Å². The maximum Gasteiger partial charge on any atom is 0.242 e. The summed E-state index contributed by atoms with van der Waals surface area (Å²) in [6, 6.07) is 9.99. The molecule has 0 saturated heterocycles. The van der Waals surface area contributed by atoms with Crippen LogP contribution in [0.4, 0.5) is 14.5 Å². The lowest BCUT2D eigenvalue weighted by Gasteiger charge is -2.09. The van der Waals surface area contributed by atoms with Crippen molar-refractivity contribution in [1.29, 1.82) is 5.26 Å². The molecule has 0 unspecified atom stereocenters. The van der Waals surface area contributed by atoms with Crippen LogP contribution in [0.15, 0.2) is 47.4 Å². The van der Waals surface area contributed by atoms with Crippen LogP contribution in [0.2, 0.25) is 0 Å². The highest BCUT2D eigenvalue weighted by molar-refractivity contribution is 7.89. The number of benzene rings is 2. The number of amides is 1. The van der Waals surface area contributed by atoms with Crippen molar-refractivity contribution in [1.82, 2.24) is 4.72 Å². The first-order chi connectivity index (χ1) is 11.3. The molecule has 0 heterocycles. The minimum Gasteiger partial charge on any atom is -0.325 e. The van der Waals surface area contributed by atoms with E-state index >= 15 is 0 Å². The van der Waals surface area contributed by atoms with E-state index in [1.54, 1.807) is 6.07 Å². The lowest BCUT2D eigenvalue weighted by molar-refractivity contribution is -0.115. The van der Waals surface area contributed by atoms with Gasteiger partial charge in [-0.3, -0.25) is 4.79 Å². The normalized spacial score (nSPS) is 10.9. The van der Waals surface area contributed by atoms with E-state index in [0.29, 0.717) is 0 Å². The lowest BCUT2D eigenvalue weighted by atomic mass is 10.2. The van der Waals surface area contributed by atoms with E-state index in [4.69, 9.17) is 5.26 Å². The third-order valence-electron chi connectivity index (χ3n) is 2.92. The Hall–Kier alpha value is -2.83. The molecule has 0 fully saturated rings. The SMILES string of the molecule is N#Cc1ccccc1S(=O)(=O)NCC(=O)Nc1ccc(F)c(F)c1. The summed E-state index contributed by atoms with van der Waals surface area (Å²) in [5, 5.41) is 11.1. The molecule has 0 radical (unpaired) electrons. The molecule has 2 aromatic rings. The van der Waals surface area contributed by atoms with Gasteiger partial charge in [0, 0.05) is 11.8 Å². The Morgan fingerprint density at radius 3 is 2.50 bits per heavy atom. The first-order valence-electron chi connectivity index (χ1n) is 6.57. The number of halogens is 2. The smallest absolute Gasteiger partial charge is 0.242 e. The average molecular weight is 351 g/mol. The minimum absolute atomic E-state index is 0.0180. The molecule has 2 aromatic carbocycles. The number of carbonyl (C=O) groups is 1. The Labute approximate surface area is 136 Å². The van der Waals surface area contributed by atoms with Crippen LogP contribution in [0.3, 0.4) is 0 Å². The van der Waals surface area contributed by atoms with Crippen LogP contribution in [-0.2, 0) is 14.8 Å². The molecular formula is C15H11F2N3O3S. The van der Waals surface area contributed by atoms with E-state index in [9.17, 15) is 22.0 Å². The summed E-state index contributed by atoms with van der Waals surface area (Å²) in [6.45, 7) is -0.638. The molecule has 2 N–H and O–H groups in total. The van der Waals surface area contributed by atoms with E-state index in [0.717, 1.165) is 18.2 Å². The summed E-state index contributed by atoms with van der Waals surface area (Å²) < 4.78 is 52.1. The van der Waals surface area contributed by atoms with Crippen LogP contribution in [0.5, 0.6) is 0 Å². The summed E-state index contributed by atoms with van der Waals surface area (Å²) in [6.07, 6.45) is 0. The number of anilines is 1. The first-order valence-corrected chi connectivity index (χ1v) is 8.05. The summed E-state index contributed by atoms with van der Waals surface area (Å²) >= 11 is 0. The van der Waals surface area contributed by atoms with Crippen LogP contribution in [0.25, 0.3) is 0 Å². The minimum atomic E-state index is -4.07. The number of hydrogen-bond donors (Lipinski definition) is 2. The Balaban J connectivity index is 2.05. The quantitative estimate of drug-likeness (QED) is 0.857. The molecule has 1 amide bonds. The molecule has 0 atom stereocenters. The zero-order valence-electron chi connectivity index (χ0n) is 12.1. The topological polar surface area (TPSA) is 99.1 Å². The molecular weight excluding hydrogens is 340 g/mol. The molecule has 124 valence electrons. The number of nitrogens with one attached hydrogen (secondary N) is 2. The highest BCUT2D eigenvalue weighted by Gasteiger charge is 2.19. The predicted molar refractivity (Wildman–Crippen MR) is 81.3 cm³/mol. The van der Waals surface area contributed by atoms with Gasteiger partial charge >= 0.3 is 0 Å². The standard InChI is InChI=1S/C15H11F2N3O3S/c16-12-6-5-11(7-13(12)17)20-15(21)9-19-24(22,23)14-4-2-1-3-10(14)8-18/h1-7,19H,9H2,(H,20,21). The van der Waals surface area contributed by atoms with Crippen molar-refractivity contribution in [2.45, 2.75) is 4.90 Å². The zero-order chi connectivity index (χ0) is 17.7. The zero-order valence-corrected chi connectivity index (χ0v) is 12.9. The van der Waals surface area contributed by atoms with Crippen molar-refractivity contribution in [2.75, 3.05) is 11.9 Å². The molecule has 0 aromatic heterocycles. The molecule has 24 heavy (non-hydrogen) atoms.